The van der Waals surface area contributed by atoms with E-state index in [2.05, 4.69) is 10.6 Å². The molecule has 17 N–H and O–H groups in total. The smallest absolute Gasteiger partial charge is 0.364 e. The molecule has 5 aliphatic heterocycles. The molecule has 0 aliphatic carbocycles. The van der Waals surface area contributed by atoms with Crippen molar-refractivity contribution in [3.05, 3.63) is 0 Å². The van der Waals surface area contributed by atoms with Crippen LogP contribution in [0.5, 0.6) is 0 Å². The van der Waals surface area contributed by atoms with Gasteiger partial charge in [0.05, 0.1) is 44.7 Å². The highest BCUT2D eigenvalue weighted by atomic mass is 16.8. The molecule has 26 atom stereocenters. The first-order valence-corrected chi connectivity index (χ1v) is 22.1. The summed E-state index contributed by atoms with van der Waals surface area (Å²) in [4.78, 5) is 38.1. The van der Waals surface area contributed by atoms with E-state index in [1.165, 1.54) is 6.92 Å². The van der Waals surface area contributed by atoms with E-state index in [-0.39, 0.29) is 6.61 Å². The standard InChI is InChI=1S/C39H66N2O28/c1-5-60-35-27(56)32(23(52)16(8-43)62-35)67-34-20(41-13(4)47)31(66-36-26(55)25(54)21(50)11(2)61-36)29(18(10-45)64-34)65-37-28(57)33(24(53)17(9-44)63-37)69-39(38(58)59)6-14(48)19(40-12(3)46)30(68-39)22(51)15(49)7-42/h11,14-37,42-45,48-57H,5-10H2,1-4H3,(H,40,46)(H,41,47)(H,58,59)/t11-,14+,15+,16+,17+,18+,19+,20+,21+,22+,23-,24-,25+,26-,27+,28+,29+,30-,31+,32-,33-,34-,35+,36+,37-,39-/m0/s1. The quantitative estimate of drug-likeness (QED) is 0.0571. The Morgan fingerprint density at radius 2 is 1.13 bits per heavy atom. The van der Waals surface area contributed by atoms with Crippen LogP contribution in [-0.2, 0) is 61.8 Å². The zero-order valence-corrected chi connectivity index (χ0v) is 37.7. The van der Waals surface area contributed by atoms with Crippen LogP contribution < -0.4 is 10.6 Å². The van der Waals surface area contributed by atoms with Crippen molar-refractivity contribution in [2.24, 2.45) is 0 Å². The molecular formula is C39H66N2O28. The monoisotopic (exact) mass is 1010 g/mol. The van der Waals surface area contributed by atoms with Crippen LogP contribution in [-0.4, -0.2) is 286 Å². The SMILES string of the molecule is CCO[C@@H]1O[C@H](CO)[C@H](O)[C@H](O[C@@H]2O[C@H](CO)[C@@H](O[C@@H]3O[C@H](CO)[C@H](O)[C@H](O[C@]4(C(=O)O)C[C@@H](O)[C@@H](NC(C)=O)[C@@H]([C@H](O)[C@H](O)CO)O4)[C@H]3O)[C@H](O[C@H]3O[C@@H](C)[C@@H](O)[C@@H](O)[C@@H]3O)[C@H]2NC(C)=O)[C@H]1O. The molecule has 30 nitrogen and oxygen atoms in total. The number of amides is 2. The maximum Gasteiger partial charge on any atom is 0.364 e. The van der Waals surface area contributed by atoms with Crippen molar-refractivity contribution in [1.29, 1.82) is 0 Å². The van der Waals surface area contributed by atoms with Gasteiger partial charge in [-0.25, -0.2) is 4.79 Å². The van der Waals surface area contributed by atoms with E-state index in [9.17, 15) is 91.0 Å². The Kier molecular flexibility index (Phi) is 20.3. The van der Waals surface area contributed by atoms with Crippen LogP contribution in [0, 0.1) is 0 Å². The van der Waals surface area contributed by atoms with E-state index >= 15 is 0 Å². The Labute approximate surface area is 392 Å². The summed E-state index contributed by atoms with van der Waals surface area (Å²) in [5, 5.41) is 166. The van der Waals surface area contributed by atoms with Gasteiger partial charge in [-0.3, -0.25) is 9.59 Å². The summed E-state index contributed by atoms with van der Waals surface area (Å²) in [6.45, 7) is 0.695. The fraction of sp³-hybridized carbons (Fsp3) is 0.923. The third kappa shape index (κ3) is 12.5. The van der Waals surface area contributed by atoms with Gasteiger partial charge in [0.15, 0.2) is 25.2 Å². The fourth-order valence-electron chi connectivity index (χ4n) is 8.76. The highest BCUT2D eigenvalue weighted by Gasteiger charge is 2.61. The molecule has 2 amide bonds. The van der Waals surface area contributed by atoms with Crippen LogP contribution in [0.3, 0.4) is 0 Å². The molecular weight excluding hydrogens is 944 g/mol. The molecule has 5 rings (SSSR count). The van der Waals surface area contributed by atoms with E-state index in [0.29, 0.717) is 0 Å². The first kappa shape index (κ1) is 57.4. The third-order valence-electron chi connectivity index (χ3n) is 12.4. The van der Waals surface area contributed by atoms with Gasteiger partial charge in [-0.2, -0.15) is 0 Å². The normalized spacial score (nSPS) is 46.1. The molecule has 5 aliphatic rings. The zero-order valence-electron chi connectivity index (χ0n) is 37.7. The van der Waals surface area contributed by atoms with Gasteiger partial charge in [-0.15, -0.1) is 0 Å². The number of aliphatic carboxylic acids is 1. The van der Waals surface area contributed by atoms with E-state index in [0.717, 1.165) is 13.8 Å². The van der Waals surface area contributed by atoms with Crippen molar-refractivity contribution in [2.45, 2.75) is 193 Å². The van der Waals surface area contributed by atoms with Crippen LogP contribution >= 0.6 is 0 Å². The highest BCUT2D eigenvalue weighted by Crippen LogP contribution is 2.40. The number of nitrogens with one attached hydrogen (secondary N) is 2. The van der Waals surface area contributed by atoms with E-state index in [1.807, 2.05) is 0 Å². The molecule has 5 saturated heterocycles. The Balaban J connectivity index is 1.55. The molecule has 0 bridgehead atoms. The second-order valence-electron chi connectivity index (χ2n) is 17.3. The number of carboxylic acid groups (broad SMARTS) is 1. The predicted octanol–water partition coefficient (Wildman–Crippen LogP) is -10.4. The lowest BCUT2D eigenvalue weighted by Crippen LogP contribution is -2.72. The maximum atomic E-state index is 13.1. The van der Waals surface area contributed by atoms with Crippen molar-refractivity contribution in [2.75, 3.05) is 33.0 Å². The molecule has 0 spiro atoms. The average molecular weight is 1010 g/mol. The Hall–Kier alpha value is -2.55. The first-order chi connectivity index (χ1) is 32.5. The van der Waals surface area contributed by atoms with Gasteiger partial charge in [0.25, 0.3) is 5.79 Å². The van der Waals surface area contributed by atoms with Crippen LogP contribution in [0.2, 0.25) is 0 Å². The number of aliphatic hydroxyl groups excluding tert-OH is 14. The number of carbonyl (C=O) groups excluding carboxylic acids is 2. The zero-order chi connectivity index (χ0) is 51.4. The van der Waals surface area contributed by atoms with Gasteiger partial charge < -0.3 is 135 Å². The minimum Gasteiger partial charge on any atom is -0.477 e. The summed E-state index contributed by atoms with van der Waals surface area (Å²) in [7, 11) is 0. The van der Waals surface area contributed by atoms with Crippen molar-refractivity contribution in [3.8, 4) is 0 Å². The topological polar surface area (TPSA) is 471 Å². The number of ether oxygens (including phenoxy) is 10. The van der Waals surface area contributed by atoms with Gasteiger partial charge in [0.2, 0.25) is 11.8 Å². The molecule has 0 aromatic carbocycles. The van der Waals surface area contributed by atoms with E-state index < -0.39 is 210 Å². The van der Waals surface area contributed by atoms with Crippen molar-refractivity contribution in [3.63, 3.8) is 0 Å². The number of hydrogen-bond donors (Lipinski definition) is 17. The predicted molar refractivity (Wildman–Crippen MR) is 215 cm³/mol. The average Bonchev–Trinajstić information content (AvgIpc) is 3.30. The van der Waals surface area contributed by atoms with Crippen LogP contribution in [0.1, 0.15) is 34.1 Å². The van der Waals surface area contributed by atoms with Crippen molar-refractivity contribution < 1.29 is 138 Å². The second-order valence-corrected chi connectivity index (χ2v) is 17.3. The van der Waals surface area contributed by atoms with Gasteiger partial charge in [0, 0.05) is 26.9 Å². The number of carboxylic acids is 1. The first-order valence-electron chi connectivity index (χ1n) is 22.1. The number of rotatable bonds is 19. The Bertz CT molecular complexity index is 1670. The van der Waals surface area contributed by atoms with E-state index in [1.54, 1.807) is 6.92 Å². The third-order valence-corrected chi connectivity index (χ3v) is 12.4. The lowest BCUT2D eigenvalue weighted by Gasteiger charge is -2.52. The van der Waals surface area contributed by atoms with Crippen LogP contribution in [0.25, 0.3) is 0 Å². The lowest BCUT2D eigenvalue weighted by molar-refractivity contribution is -0.397. The van der Waals surface area contributed by atoms with Gasteiger partial charge in [-0.05, 0) is 13.8 Å². The minimum absolute atomic E-state index is 0.0275. The van der Waals surface area contributed by atoms with Crippen molar-refractivity contribution in [1.82, 2.24) is 10.6 Å². The second kappa shape index (κ2) is 24.4. The highest BCUT2D eigenvalue weighted by molar-refractivity contribution is 5.76. The molecule has 5 fully saturated rings. The largest absolute Gasteiger partial charge is 0.477 e. The molecule has 0 saturated carbocycles. The molecule has 0 radical (unpaired) electrons. The summed E-state index contributed by atoms with van der Waals surface area (Å²) in [6, 6.07) is -3.43. The fourth-order valence-corrected chi connectivity index (χ4v) is 8.76. The maximum absolute atomic E-state index is 13.1. The Morgan fingerprint density at radius 3 is 1.68 bits per heavy atom. The van der Waals surface area contributed by atoms with Crippen LogP contribution in [0.4, 0.5) is 0 Å². The lowest BCUT2D eigenvalue weighted by atomic mass is 9.88. The summed E-state index contributed by atoms with van der Waals surface area (Å²) in [6.07, 6.45) is -45.2. The van der Waals surface area contributed by atoms with Gasteiger partial charge >= 0.3 is 5.97 Å². The van der Waals surface area contributed by atoms with Crippen molar-refractivity contribution >= 4 is 17.8 Å². The molecule has 0 unspecified atom stereocenters. The summed E-state index contributed by atoms with van der Waals surface area (Å²) < 4.78 is 58.1. The Morgan fingerprint density at radius 1 is 0.623 bits per heavy atom. The molecule has 0 aromatic rings. The summed E-state index contributed by atoms with van der Waals surface area (Å²) in [5.41, 5.74) is 0. The molecule has 69 heavy (non-hydrogen) atoms. The number of carbonyl (C=O) groups is 3. The summed E-state index contributed by atoms with van der Waals surface area (Å²) in [5.74, 6) is -6.92. The molecule has 400 valence electrons. The summed E-state index contributed by atoms with van der Waals surface area (Å²) >= 11 is 0. The minimum atomic E-state index is -3.19. The number of aliphatic hydroxyl groups is 14. The molecule has 0 aromatic heterocycles. The molecule has 30 heteroatoms. The van der Waals surface area contributed by atoms with Gasteiger partial charge in [-0.1, -0.05) is 0 Å². The van der Waals surface area contributed by atoms with Gasteiger partial charge in [0.1, 0.15) is 110 Å². The molecule has 5 heterocycles. The van der Waals surface area contributed by atoms with Crippen LogP contribution in [0.15, 0.2) is 0 Å². The number of hydrogen-bond acceptors (Lipinski definition) is 27. The van der Waals surface area contributed by atoms with E-state index in [4.69, 9.17) is 47.4 Å².